The summed E-state index contributed by atoms with van der Waals surface area (Å²) < 4.78 is 14.1. The Balaban J connectivity index is 1.52. The van der Waals surface area contributed by atoms with E-state index in [2.05, 4.69) is 0 Å². The van der Waals surface area contributed by atoms with Gasteiger partial charge in [-0.05, 0) is 31.7 Å². The average Bonchev–Trinajstić information content (AvgIpc) is 3.40. The van der Waals surface area contributed by atoms with Crippen molar-refractivity contribution in [3.8, 4) is 0 Å². The van der Waals surface area contributed by atoms with E-state index in [1.165, 1.54) is 6.07 Å². The fraction of sp³-hybridized carbons (Fsp3) is 0.529. The molecule has 1 aromatic carbocycles. The number of rotatable bonds is 3. The largest absolute Gasteiger partial charge is 0.336 e. The van der Waals surface area contributed by atoms with Crippen molar-refractivity contribution < 1.29 is 14.0 Å². The summed E-state index contributed by atoms with van der Waals surface area (Å²) in [6.07, 6.45) is 3.51. The van der Waals surface area contributed by atoms with Gasteiger partial charge in [0.2, 0.25) is 11.8 Å². The van der Waals surface area contributed by atoms with E-state index in [9.17, 15) is 14.0 Å². The zero-order valence-corrected chi connectivity index (χ0v) is 12.4. The third kappa shape index (κ3) is 2.11. The topological polar surface area (TPSA) is 40.6 Å². The lowest BCUT2D eigenvalue weighted by Crippen LogP contribution is -2.55. The molecule has 0 N–H and O–H groups in total. The summed E-state index contributed by atoms with van der Waals surface area (Å²) in [6.45, 7) is 1.32. The van der Waals surface area contributed by atoms with Crippen molar-refractivity contribution in [1.82, 2.24) is 9.80 Å². The Kier molecular flexibility index (Phi) is 2.99. The highest BCUT2D eigenvalue weighted by molar-refractivity contribution is 5.94. The molecule has 2 aliphatic carbocycles. The quantitative estimate of drug-likeness (QED) is 0.852. The van der Waals surface area contributed by atoms with Gasteiger partial charge in [0.1, 0.15) is 5.82 Å². The monoisotopic (exact) mass is 302 g/mol. The van der Waals surface area contributed by atoms with Crippen molar-refractivity contribution in [3.05, 3.63) is 35.6 Å². The molecule has 1 aliphatic heterocycles. The fourth-order valence-corrected chi connectivity index (χ4v) is 3.51. The Labute approximate surface area is 128 Å². The van der Waals surface area contributed by atoms with Crippen LogP contribution in [0.1, 0.15) is 31.2 Å². The maximum Gasteiger partial charge on any atom is 0.242 e. The van der Waals surface area contributed by atoms with Gasteiger partial charge in [-0.25, -0.2) is 4.39 Å². The molecule has 0 aromatic heterocycles. The molecule has 0 bridgehead atoms. The predicted molar refractivity (Wildman–Crippen MR) is 78.6 cm³/mol. The number of halogens is 1. The summed E-state index contributed by atoms with van der Waals surface area (Å²) in [5.74, 6) is -0.371. The molecule has 2 amide bonds. The van der Waals surface area contributed by atoms with E-state index in [0.717, 1.165) is 12.8 Å². The lowest BCUT2D eigenvalue weighted by Gasteiger charge is -2.36. The molecule has 1 aromatic rings. The standard InChI is InChI=1S/C17H19FN2O2/c18-14-4-2-1-3-13(14)17(7-8-17)16(22)19-9-10-20(12-5-6-12)15(21)11-19/h1-4,12H,5-11H2. The number of hydrogen-bond acceptors (Lipinski definition) is 2. The van der Waals surface area contributed by atoms with Crippen molar-refractivity contribution in [3.63, 3.8) is 0 Å². The highest BCUT2D eigenvalue weighted by atomic mass is 19.1. The number of carbonyl (C=O) groups is 2. The number of nitrogens with zero attached hydrogens (tertiary/aromatic N) is 2. The molecular weight excluding hydrogens is 283 g/mol. The van der Waals surface area contributed by atoms with Gasteiger partial charge >= 0.3 is 0 Å². The van der Waals surface area contributed by atoms with Crippen LogP contribution in [-0.4, -0.2) is 47.3 Å². The fourth-order valence-electron chi connectivity index (χ4n) is 3.51. The van der Waals surface area contributed by atoms with Crippen LogP contribution >= 0.6 is 0 Å². The minimum absolute atomic E-state index is 0.0337. The van der Waals surface area contributed by atoms with E-state index >= 15 is 0 Å². The molecule has 22 heavy (non-hydrogen) atoms. The number of amides is 2. The van der Waals surface area contributed by atoms with E-state index in [4.69, 9.17) is 0 Å². The van der Waals surface area contributed by atoms with Crippen molar-refractivity contribution >= 4 is 11.8 Å². The molecule has 116 valence electrons. The van der Waals surface area contributed by atoms with Crippen molar-refractivity contribution in [2.24, 2.45) is 0 Å². The zero-order chi connectivity index (χ0) is 15.3. The van der Waals surface area contributed by atoms with Crippen molar-refractivity contribution in [2.45, 2.75) is 37.1 Å². The number of carbonyl (C=O) groups excluding carboxylic acids is 2. The van der Waals surface area contributed by atoms with Crippen LogP contribution in [0, 0.1) is 5.82 Å². The van der Waals surface area contributed by atoms with Crippen LogP contribution in [0.25, 0.3) is 0 Å². The summed E-state index contributed by atoms with van der Waals surface area (Å²) in [5.41, 5.74) is -0.245. The second-order valence-electron chi connectivity index (χ2n) is 6.61. The third-order valence-electron chi connectivity index (χ3n) is 5.08. The van der Waals surface area contributed by atoms with Gasteiger partial charge in [-0.15, -0.1) is 0 Å². The summed E-state index contributed by atoms with van der Waals surface area (Å²) in [4.78, 5) is 28.6. The van der Waals surface area contributed by atoms with E-state index in [1.807, 2.05) is 4.90 Å². The maximum atomic E-state index is 14.1. The van der Waals surface area contributed by atoms with Crippen LogP contribution in [0.15, 0.2) is 24.3 Å². The molecule has 0 radical (unpaired) electrons. The average molecular weight is 302 g/mol. The molecular formula is C17H19FN2O2. The van der Waals surface area contributed by atoms with E-state index in [1.54, 1.807) is 23.1 Å². The van der Waals surface area contributed by atoms with E-state index in [-0.39, 0.29) is 24.2 Å². The normalized spacial score (nSPS) is 23.6. The summed E-state index contributed by atoms with van der Waals surface area (Å²) in [7, 11) is 0. The van der Waals surface area contributed by atoms with Gasteiger partial charge in [0, 0.05) is 24.7 Å². The molecule has 4 nitrogen and oxygen atoms in total. The SMILES string of the molecule is O=C1CN(C(=O)C2(c3ccccc3F)CC2)CCN1C1CC1. The maximum absolute atomic E-state index is 14.1. The lowest BCUT2D eigenvalue weighted by molar-refractivity contribution is -0.147. The van der Waals surface area contributed by atoms with Gasteiger partial charge in [0.05, 0.1) is 12.0 Å². The van der Waals surface area contributed by atoms with Gasteiger partial charge in [-0.3, -0.25) is 9.59 Å². The third-order valence-corrected chi connectivity index (χ3v) is 5.08. The first-order valence-electron chi connectivity index (χ1n) is 7.96. The molecule has 1 heterocycles. The Morgan fingerprint density at radius 1 is 1.18 bits per heavy atom. The molecule has 3 fully saturated rings. The van der Waals surface area contributed by atoms with Crippen LogP contribution in [0.2, 0.25) is 0 Å². The molecule has 2 saturated carbocycles. The van der Waals surface area contributed by atoms with Crippen LogP contribution in [0.5, 0.6) is 0 Å². The smallest absolute Gasteiger partial charge is 0.242 e. The van der Waals surface area contributed by atoms with Crippen molar-refractivity contribution in [2.75, 3.05) is 19.6 Å². The summed E-state index contributed by atoms with van der Waals surface area (Å²) >= 11 is 0. The van der Waals surface area contributed by atoms with Crippen molar-refractivity contribution in [1.29, 1.82) is 0 Å². The van der Waals surface area contributed by atoms with Gasteiger partial charge in [0.25, 0.3) is 0 Å². The molecule has 4 rings (SSSR count). The molecule has 0 atom stereocenters. The first kappa shape index (κ1) is 13.7. The zero-order valence-electron chi connectivity index (χ0n) is 12.4. The molecule has 0 unspecified atom stereocenters. The second-order valence-corrected chi connectivity index (χ2v) is 6.61. The minimum Gasteiger partial charge on any atom is -0.336 e. The second kappa shape index (κ2) is 4.80. The highest BCUT2D eigenvalue weighted by Gasteiger charge is 2.55. The van der Waals surface area contributed by atoms with Gasteiger partial charge in [-0.2, -0.15) is 0 Å². The Morgan fingerprint density at radius 2 is 1.91 bits per heavy atom. The number of benzene rings is 1. The van der Waals surface area contributed by atoms with Gasteiger partial charge in [-0.1, -0.05) is 18.2 Å². The first-order chi connectivity index (χ1) is 10.6. The Hall–Kier alpha value is -1.91. The van der Waals surface area contributed by atoms with Gasteiger partial charge in [0.15, 0.2) is 0 Å². The summed E-state index contributed by atoms with van der Waals surface area (Å²) in [6, 6.07) is 6.90. The molecule has 5 heteroatoms. The van der Waals surface area contributed by atoms with Crippen LogP contribution in [0.3, 0.4) is 0 Å². The molecule has 3 aliphatic rings. The molecule has 1 saturated heterocycles. The van der Waals surface area contributed by atoms with Crippen LogP contribution in [0.4, 0.5) is 4.39 Å². The number of piperazine rings is 1. The minimum atomic E-state index is -0.729. The highest BCUT2D eigenvalue weighted by Crippen LogP contribution is 2.50. The Bertz CT molecular complexity index is 637. The predicted octanol–water partition coefficient (Wildman–Crippen LogP) is 1.69. The van der Waals surface area contributed by atoms with E-state index in [0.29, 0.717) is 37.5 Å². The van der Waals surface area contributed by atoms with Crippen LogP contribution in [-0.2, 0) is 15.0 Å². The number of hydrogen-bond donors (Lipinski definition) is 0. The van der Waals surface area contributed by atoms with Crippen LogP contribution < -0.4 is 0 Å². The van der Waals surface area contributed by atoms with Gasteiger partial charge < -0.3 is 9.80 Å². The molecule has 0 spiro atoms. The Morgan fingerprint density at radius 3 is 2.50 bits per heavy atom. The lowest BCUT2D eigenvalue weighted by atomic mass is 9.93. The van der Waals surface area contributed by atoms with E-state index < -0.39 is 5.41 Å². The summed E-state index contributed by atoms with van der Waals surface area (Å²) in [5, 5.41) is 0. The first-order valence-corrected chi connectivity index (χ1v) is 7.96.